The number of aliphatic hydroxyl groups is 1. The number of methoxy groups -OCH3 is 1. The van der Waals surface area contributed by atoms with Crippen molar-refractivity contribution >= 4 is 22.6 Å². The van der Waals surface area contributed by atoms with Gasteiger partial charge in [-0.15, -0.1) is 5.10 Å². The van der Waals surface area contributed by atoms with Gasteiger partial charge in [0.05, 0.1) is 29.2 Å². The third-order valence-electron chi connectivity index (χ3n) is 2.10. The molecule has 0 saturated heterocycles. The van der Waals surface area contributed by atoms with E-state index >= 15 is 0 Å². The summed E-state index contributed by atoms with van der Waals surface area (Å²) in [4.78, 5) is 0. The lowest BCUT2D eigenvalue weighted by molar-refractivity contribution is 0.276. The van der Waals surface area contributed by atoms with E-state index in [1.807, 2.05) is 18.2 Å². The van der Waals surface area contributed by atoms with Crippen molar-refractivity contribution in [2.45, 2.75) is 6.61 Å². The van der Waals surface area contributed by atoms with Crippen LogP contribution in [-0.4, -0.2) is 27.2 Å². The highest BCUT2D eigenvalue weighted by atomic mass is 127. The SMILES string of the molecule is COc1ccc(-n2cc(CO)nn2)cc1I. The van der Waals surface area contributed by atoms with E-state index in [1.54, 1.807) is 18.0 Å². The maximum absolute atomic E-state index is 8.90. The highest BCUT2D eigenvalue weighted by molar-refractivity contribution is 14.1. The summed E-state index contributed by atoms with van der Waals surface area (Å²) in [6.07, 6.45) is 1.69. The molecule has 0 bridgehead atoms. The number of benzene rings is 1. The molecule has 1 aromatic heterocycles. The Kier molecular flexibility index (Phi) is 3.39. The van der Waals surface area contributed by atoms with Crippen molar-refractivity contribution in [3.63, 3.8) is 0 Å². The van der Waals surface area contributed by atoms with Crippen molar-refractivity contribution in [2.24, 2.45) is 0 Å². The Bertz CT molecular complexity index is 499. The monoisotopic (exact) mass is 331 g/mol. The van der Waals surface area contributed by atoms with Crippen LogP contribution in [0.3, 0.4) is 0 Å². The fourth-order valence-corrected chi connectivity index (χ4v) is 2.01. The van der Waals surface area contributed by atoms with Gasteiger partial charge >= 0.3 is 0 Å². The number of hydrogen-bond donors (Lipinski definition) is 1. The predicted molar refractivity (Wildman–Crippen MR) is 66.6 cm³/mol. The van der Waals surface area contributed by atoms with E-state index in [1.165, 1.54) is 0 Å². The first-order valence-electron chi connectivity index (χ1n) is 4.60. The van der Waals surface area contributed by atoms with E-state index in [9.17, 15) is 0 Å². The normalized spacial score (nSPS) is 10.4. The molecule has 0 aliphatic heterocycles. The fraction of sp³-hybridized carbons (Fsp3) is 0.200. The van der Waals surface area contributed by atoms with Crippen LogP contribution in [-0.2, 0) is 6.61 Å². The van der Waals surface area contributed by atoms with Crippen molar-refractivity contribution in [3.8, 4) is 11.4 Å². The largest absolute Gasteiger partial charge is 0.496 e. The zero-order chi connectivity index (χ0) is 11.5. The molecule has 2 rings (SSSR count). The molecule has 16 heavy (non-hydrogen) atoms. The average Bonchev–Trinajstić information content (AvgIpc) is 2.77. The first kappa shape index (κ1) is 11.3. The summed E-state index contributed by atoms with van der Waals surface area (Å²) in [6, 6.07) is 5.70. The van der Waals surface area contributed by atoms with Crippen molar-refractivity contribution in [1.29, 1.82) is 0 Å². The van der Waals surface area contributed by atoms with Gasteiger partial charge in [0.2, 0.25) is 0 Å². The minimum Gasteiger partial charge on any atom is -0.496 e. The summed E-state index contributed by atoms with van der Waals surface area (Å²) < 4.78 is 7.79. The second-order valence-electron chi connectivity index (χ2n) is 3.13. The Hall–Kier alpha value is -1.15. The van der Waals surface area contributed by atoms with Crippen molar-refractivity contribution in [3.05, 3.63) is 33.7 Å². The molecule has 0 amide bonds. The van der Waals surface area contributed by atoms with E-state index < -0.39 is 0 Å². The summed E-state index contributed by atoms with van der Waals surface area (Å²) in [7, 11) is 1.64. The minimum atomic E-state index is -0.104. The first-order chi connectivity index (χ1) is 7.74. The van der Waals surface area contributed by atoms with Crippen LogP contribution < -0.4 is 4.74 Å². The Morgan fingerprint density at radius 2 is 2.31 bits per heavy atom. The number of nitrogens with zero attached hydrogens (tertiary/aromatic N) is 3. The van der Waals surface area contributed by atoms with Gasteiger partial charge in [-0.25, -0.2) is 4.68 Å². The van der Waals surface area contributed by atoms with Gasteiger partial charge in [-0.3, -0.25) is 0 Å². The van der Waals surface area contributed by atoms with Gasteiger partial charge in [0.25, 0.3) is 0 Å². The lowest BCUT2D eigenvalue weighted by atomic mass is 10.3. The van der Waals surface area contributed by atoms with Crippen molar-refractivity contribution in [2.75, 3.05) is 7.11 Å². The smallest absolute Gasteiger partial charge is 0.132 e. The lowest BCUT2D eigenvalue weighted by Gasteiger charge is -2.05. The Morgan fingerprint density at radius 3 is 2.88 bits per heavy atom. The van der Waals surface area contributed by atoms with Crippen LogP contribution in [0.25, 0.3) is 5.69 Å². The van der Waals surface area contributed by atoms with Crippen LogP contribution >= 0.6 is 22.6 Å². The van der Waals surface area contributed by atoms with Gasteiger partial charge in [0.15, 0.2) is 0 Å². The van der Waals surface area contributed by atoms with Gasteiger partial charge in [-0.1, -0.05) is 5.21 Å². The highest BCUT2D eigenvalue weighted by Gasteiger charge is 2.05. The Balaban J connectivity index is 2.37. The molecule has 1 aromatic carbocycles. The van der Waals surface area contributed by atoms with E-state index in [-0.39, 0.29) is 6.61 Å². The van der Waals surface area contributed by atoms with Gasteiger partial charge in [-0.05, 0) is 40.8 Å². The molecule has 6 heteroatoms. The lowest BCUT2D eigenvalue weighted by Crippen LogP contribution is -1.96. The average molecular weight is 331 g/mol. The number of rotatable bonds is 3. The van der Waals surface area contributed by atoms with E-state index in [2.05, 4.69) is 32.9 Å². The summed E-state index contributed by atoms with van der Waals surface area (Å²) in [6.45, 7) is -0.104. The number of halogens is 1. The number of aliphatic hydroxyl groups excluding tert-OH is 1. The zero-order valence-electron chi connectivity index (χ0n) is 8.59. The predicted octanol–water partition coefficient (Wildman–Crippen LogP) is 1.37. The second-order valence-corrected chi connectivity index (χ2v) is 4.29. The molecule has 0 saturated carbocycles. The third kappa shape index (κ3) is 2.17. The maximum Gasteiger partial charge on any atom is 0.132 e. The van der Waals surface area contributed by atoms with E-state index in [0.29, 0.717) is 5.69 Å². The Labute approximate surface area is 106 Å². The second kappa shape index (κ2) is 4.79. The molecule has 0 fully saturated rings. The molecule has 1 N–H and O–H groups in total. The minimum absolute atomic E-state index is 0.104. The highest BCUT2D eigenvalue weighted by Crippen LogP contribution is 2.23. The van der Waals surface area contributed by atoms with Crippen LogP contribution in [0.5, 0.6) is 5.75 Å². The number of hydrogen-bond acceptors (Lipinski definition) is 4. The standard InChI is InChI=1S/C10H10IN3O2/c1-16-10-3-2-8(4-9(10)11)14-5-7(6-15)12-13-14/h2-5,15H,6H2,1H3. The quantitative estimate of drug-likeness (QED) is 0.863. The van der Waals surface area contributed by atoms with Gasteiger partial charge < -0.3 is 9.84 Å². The number of ether oxygens (including phenoxy) is 1. The van der Waals surface area contributed by atoms with Crippen LogP contribution in [0, 0.1) is 3.57 Å². The molecular formula is C10H10IN3O2. The zero-order valence-corrected chi connectivity index (χ0v) is 10.7. The maximum atomic E-state index is 8.90. The molecule has 0 spiro atoms. The molecule has 0 radical (unpaired) electrons. The molecule has 1 heterocycles. The molecule has 0 atom stereocenters. The van der Waals surface area contributed by atoms with Gasteiger partial charge in [-0.2, -0.15) is 0 Å². The number of aromatic nitrogens is 3. The van der Waals surface area contributed by atoms with Crippen LogP contribution in [0.1, 0.15) is 5.69 Å². The van der Waals surface area contributed by atoms with Crippen LogP contribution in [0.2, 0.25) is 0 Å². The first-order valence-corrected chi connectivity index (χ1v) is 5.68. The molecule has 0 aliphatic carbocycles. The van der Waals surface area contributed by atoms with Crippen LogP contribution in [0.4, 0.5) is 0 Å². The third-order valence-corrected chi connectivity index (χ3v) is 2.95. The molecular weight excluding hydrogens is 321 g/mol. The molecule has 84 valence electrons. The summed E-state index contributed by atoms with van der Waals surface area (Å²) in [5.41, 5.74) is 1.43. The van der Waals surface area contributed by atoms with Crippen molar-refractivity contribution < 1.29 is 9.84 Å². The van der Waals surface area contributed by atoms with E-state index in [4.69, 9.17) is 9.84 Å². The van der Waals surface area contributed by atoms with Crippen molar-refractivity contribution in [1.82, 2.24) is 15.0 Å². The summed E-state index contributed by atoms with van der Waals surface area (Å²) in [5.74, 6) is 0.826. The van der Waals surface area contributed by atoms with Crippen LogP contribution in [0.15, 0.2) is 24.4 Å². The summed E-state index contributed by atoms with van der Waals surface area (Å²) >= 11 is 2.19. The molecule has 0 aliphatic rings. The van der Waals surface area contributed by atoms with E-state index in [0.717, 1.165) is 15.0 Å². The summed E-state index contributed by atoms with van der Waals surface area (Å²) in [5, 5.41) is 16.6. The molecule has 0 unspecified atom stereocenters. The Morgan fingerprint density at radius 1 is 1.50 bits per heavy atom. The van der Waals surface area contributed by atoms with Gasteiger partial charge in [0.1, 0.15) is 11.4 Å². The fourth-order valence-electron chi connectivity index (χ4n) is 1.29. The topological polar surface area (TPSA) is 60.2 Å². The van der Waals surface area contributed by atoms with Gasteiger partial charge in [0, 0.05) is 0 Å². The molecule has 5 nitrogen and oxygen atoms in total. The molecule has 2 aromatic rings.